The van der Waals surface area contributed by atoms with Crippen molar-refractivity contribution in [2.45, 2.75) is 12.4 Å². The average molecular weight is 585 g/mol. The monoisotopic (exact) mass is 584 g/mol. The van der Waals surface area contributed by atoms with Gasteiger partial charge in [-0.1, -0.05) is 34.1 Å². The van der Waals surface area contributed by atoms with Crippen molar-refractivity contribution in [1.82, 2.24) is 9.97 Å². The van der Waals surface area contributed by atoms with E-state index in [9.17, 15) is 31.1 Å². The van der Waals surface area contributed by atoms with Crippen molar-refractivity contribution < 1.29 is 40.6 Å². The van der Waals surface area contributed by atoms with E-state index in [2.05, 4.69) is 25.9 Å². The molecule has 0 fully saturated rings. The number of aldehydes is 1. The zero-order chi connectivity index (χ0) is 27.1. The van der Waals surface area contributed by atoms with Gasteiger partial charge >= 0.3 is 12.4 Å². The number of ether oxygens (including phenoxy) is 2. The predicted molar refractivity (Wildman–Crippen MR) is 125 cm³/mol. The quantitative estimate of drug-likeness (QED) is 0.174. The van der Waals surface area contributed by atoms with Gasteiger partial charge in [-0.25, -0.2) is 9.97 Å². The summed E-state index contributed by atoms with van der Waals surface area (Å²) < 4.78 is 85.3. The van der Waals surface area contributed by atoms with Crippen LogP contribution in [0.25, 0.3) is 0 Å². The number of benzene rings is 2. The maximum absolute atomic E-state index is 12.3. The molecule has 0 spiro atoms. The van der Waals surface area contributed by atoms with Crippen LogP contribution in [0, 0.1) is 0 Å². The lowest BCUT2D eigenvalue weighted by Gasteiger charge is -2.08. The first-order valence-corrected chi connectivity index (χ1v) is 11.0. The largest absolute Gasteiger partial charge is 0.439 e. The SMILES string of the molecule is FC(F)(F)c1ccc(Oc2cccc(Br)c2)nc1.O=Cc1cccc(Oc2ccc(C(F)(F)F)cn2)c1. The first-order valence-electron chi connectivity index (χ1n) is 10.2. The van der Waals surface area contributed by atoms with Crippen LogP contribution >= 0.6 is 15.9 Å². The summed E-state index contributed by atoms with van der Waals surface area (Å²) in [4.78, 5) is 17.7. The number of hydrogen-bond donors (Lipinski definition) is 0. The van der Waals surface area contributed by atoms with Gasteiger partial charge in [0, 0.05) is 34.6 Å². The lowest BCUT2D eigenvalue weighted by molar-refractivity contribution is -0.138. The minimum Gasteiger partial charge on any atom is -0.439 e. The highest BCUT2D eigenvalue weighted by Crippen LogP contribution is 2.31. The third kappa shape index (κ3) is 8.60. The van der Waals surface area contributed by atoms with Crippen LogP contribution in [-0.4, -0.2) is 16.3 Å². The van der Waals surface area contributed by atoms with Crippen molar-refractivity contribution >= 4 is 22.2 Å². The Bertz CT molecular complexity index is 1330. The second kappa shape index (κ2) is 11.9. The Hall–Kier alpha value is -3.93. The van der Waals surface area contributed by atoms with Gasteiger partial charge in [-0.05, 0) is 42.5 Å². The second-order valence-corrected chi connectivity index (χ2v) is 8.03. The van der Waals surface area contributed by atoms with Gasteiger partial charge in [-0.2, -0.15) is 26.3 Å². The molecule has 4 aromatic rings. The number of carbonyl (C=O) groups excluding carboxylic acids is 1. The van der Waals surface area contributed by atoms with E-state index < -0.39 is 23.5 Å². The zero-order valence-electron chi connectivity index (χ0n) is 18.4. The van der Waals surface area contributed by atoms with Gasteiger partial charge in [-0.15, -0.1) is 0 Å². The number of halogens is 7. The van der Waals surface area contributed by atoms with Gasteiger partial charge in [0.1, 0.15) is 17.8 Å². The zero-order valence-corrected chi connectivity index (χ0v) is 20.0. The molecule has 0 atom stereocenters. The molecule has 12 heteroatoms. The van der Waals surface area contributed by atoms with Crippen LogP contribution in [0.4, 0.5) is 26.3 Å². The minimum absolute atomic E-state index is 0.0241. The van der Waals surface area contributed by atoms with Crippen molar-refractivity contribution in [3.63, 3.8) is 0 Å². The molecule has 0 N–H and O–H groups in total. The van der Waals surface area contributed by atoms with Gasteiger partial charge in [0.15, 0.2) is 0 Å². The van der Waals surface area contributed by atoms with E-state index >= 15 is 0 Å². The molecular weight excluding hydrogens is 570 g/mol. The van der Waals surface area contributed by atoms with Crippen LogP contribution in [0.3, 0.4) is 0 Å². The third-order valence-corrected chi connectivity index (χ3v) is 4.86. The second-order valence-electron chi connectivity index (χ2n) is 7.12. The highest BCUT2D eigenvalue weighted by Gasteiger charge is 2.31. The number of pyridine rings is 2. The molecule has 0 unspecified atom stereocenters. The average Bonchev–Trinajstić information content (AvgIpc) is 2.84. The lowest BCUT2D eigenvalue weighted by atomic mass is 10.2. The summed E-state index contributed by atoms with van der Waals surface area (Å²) in [5.74, 6) is 0.964. The highest BCUT2D eigenvalue weighted by molar-refractivity contribution is 9.10. The first kappa shape index (κ1) is 27.7. The maximum Gasteiger partial charge on any atom is 0.417 e. The van der Waals surface area contributed by atoms with Crippen LogP contribution in [0.1, 0.15) is 21.5 Å². The van der Waals surface area contributed by atoms with E-state index in [1.807, 2.05) is 6.07 Å². The first-order chi connectivity index (χ1) is 17.4. The lowest BCUT2D eigenvalue weighted by Crippen LogP contribution is -2.05. The van der Waals surface area contributed by atoms with Crippen molar-refractivity contribution in [2.24, 2.45) is 0 Å². The molecule has 0 saturated heterocycles. The molecule has 37 heavy (non-hydrogen) atoms. The Morgan fingerprint density at radius 3 is 1.57 bits per heavy atom. The van der Waals surface area contributed by atoms with Crippen molar-refractivity contribution in [3.05, 3.63) is 106 Å². The Balaban J connectivity index is 0.000000206. The molecule has 0 amide bonds. The summed E-state index contributed by atoms with van der Waals surface area (Å²) in [6.07, 6.45) is -6.73. The smallest absolute Gasteiger partial charge is 0.417 e. The summed E-state index contributed by atoms with van der Waals surface area (Å²) in [7, 11) is 0. The fraction of sp³-hybridized carbons (Fsp3) is 0.0800. The molecule has 2 heterocycles. The number of rotatable bonds is 5. The number of carbonyl (C=O) groups is 1. The topological polar surface area (TPSA) is 61.3 Å². The van der Waals surface area contributed by atoms with Crippen LogP contribution < -0.4 is 9.47 Å². The molecule has 2 aromatic carbocycles. The Kier molecular flexibility index (Phi) is 8.87. The van der Waals surface area contributed by atoms with Crippen molar-refractivity contribution in [3.8, 4) is 23.3 Å². The Morgan fingerprint density at radius 1 is 0.676 bits per heavy atom. The molecule has 192 valence electrons. The maximum atomic E-state index is 12.3. The standard InChI is InChI=1S/C13H8F3NO2.C12H7BrF3NO/c14-13(15,16)10-4-5-12(17-7-10)19-11-3-1-2-9(6-11)8-18;13-9-2-1-3-10(6-9)18-11-5-4-8(7-17-11)12(14,15)16/h1-8H;1-7H. The van der Waals surface area contributed by atoms with E-state index in [1.165, 1.54) is 12.1 Å². The Labute approximate surface area is 214 Å². The van der Waals surface area contributed by atoms with E-state index in [-0.39, 0.29) is 11.8 Å². The summed E-state index contributed by atoms with van der Waals surface area (Å²) in [5.41, 5.74) is -1.24. The molecule has 2 aromatic heterocycles. The minimum atomic E-state index is -4.43. The van der Waals surface area contributed by atoms with E-state index in [0.717, 1.165) is 28.9 Å². The normalized spacial score (nSPS) is 11.2. The predicted octanol–water partition coefficient (Wildman–Crippen LogP) is 8.36. The third-order valence-electron chi connectivity index (χ3n) is 4.36. The fourth-order valence-corrected chi connectivity index (χ4v) is 3.02. The molecule has 0 radical (unpaired) electrons. The Morgan fingerprint density at radius 2 is 1.16 bits per heavy atom. The highest BCUT2D eigenvalue weighted by atomic mass is 79.9. The van der Waals surface area contributed by atoms with Crippen LogP contribution in [0.2, 0.25) is 0 Å². The van der Waals surface area contributed by atoms with Crippen molar-refractivity contribution in [1.29, 1.82) is 0 Å². The van der Waals surface area contributed by atoms with Crippen molar-refractivity contribution in [2.75, 3.05) is 0 Å². The van der Waals surface area contributed by atoms with Crippen LogP contribution in [0.5, 0.6) is 23.3 Å². The molecule has 0 aliphatic heterocycles. The molecule has 5 nitrogen and oxygen atoms in total. The summed E-state index contributed by atoms with van der Waals surface area (Å²) in [6.45, 7) is 0. The van der Waals surface area contributed by atoms with Crippen LogP contribution in [0.15, 0.2) is 89.7 Å². The summed E-state index contributed by atoms with van der Waals surface area (Å²) in [5, 5.41) is 0. The molecule has 0 aliphatic rings. The van der Waals surface area contributed by atoms with E-state index in [4.69, 9.17) is 9.47 Å². The van der Waals surface area contributed by atoms with Gasteiger partial charge < -0.3 is 9.47 Å². The van der Waals surface area contributed by atoms with Gasteiger partial charge in [0.25, 0.3) is 0 Å². The van der Waals surface area contributed by atoms with Gasteiger partial charge in [-0.3, -0.25) is 4.79 Å². The number of hydrogen-bond acceptors (Lipinski definition) is 5. The van der Waals surface area contributed by atoms with Gasteiger partial charge in [0.2, 0.25) is 11.8 Å². The molecular formula is C25H15BrF6N2O3. The summed E-state index contributed by atoms with van der Waals surface area (Å²) >= 11 is 3.26. The number of nitrogens with zero attached hydrogens (tertiary/aromatic N) is 2. The van der Waals surface area contributed by atoms with E-state index in [1.54, 1.807) is 36.4 Å². The van der Waals surface area contributed by atoms with E-state index in [0.29, 0.717) is 29.5 Å². The number of alkyl halides is 6. The molecule has 0 bridgehead atoms. The fourth-order valence-electron chi connectivity index (χ4n) is 2.64. The molecule has 0 aliphatic carbocycles. The van der Waals surface area contributed by atoms with Crippen LogP contribution in [-0.2, 0) is 12.4 Å². The number of aromatic nitrogens is 2. The van der Waals surface area contributed by atoms with Gasteiger partial charge in [0.05, 0.1) is 11.1 Å². The summed E-state index contributed by atoms with van der Waals surface area (Å²) in [6, 6.07) is 17.3. The molecule has 0 saturated carbocycles. The molecule has 4 rings (SSSR count).